The molecule has 6 heteroatoms. The summed E-state index contributed by atoms with van der Waals surface area (Å²) in [5.74, 6) is 0.723. The smallest absolute Gasteiger partial charge is 0.193 e. The topological polar surface area (TPSA) is 63.3 Å². The van der Waals surface area contributed by atoms with Crippen molar-refractivity contribution in [3.8, 4) is 0 Å². The van der Waals surface area contributed by atoms with Crippen molar-refractivity contribution in [3.05, 3.63) is 46.4 Å². The van der Waals surface area contributed by atoms with Gasteiger partial charge in [0.25, 0.3) is 0 Å². The minimum atomic E-state index is 0. The van der Waals surface area contributed by atoms with Gasteiger partial charge >= 0.3 is 0 Å². The molecule has 4 nitrogen and oxygen atoms in total. The summed E-state index contributed by atoms with van der Waals surface area (Å²) >= 11 is 1.71. The molecular formula is C14H19IN4S. The molecule has 0 aliphatic rings. The van der Waals surface area contributed by atoms with E-state index in [1.807, 2.05) is 36.5 Å². The summed E-state index contributed by atoms with van der Waals surface area (Å²) in [4.78, 5) is 9.94. The van der Waals surface area contributed by atoms with E-state index in [1.54, 1.807) is 11.3 Å². The summed E-state index contributed by atoms with van der Waals surface area (Å²) in [6.45, 7) is 4.80. The number of aryl methyl sites for hydroxylation is 1. The number of hydrogen-bond donors (Lipinski definition) is 2. The first-order valence-corrected chi connectivity index (χ1v) is 7.01. The van der Waals surface area contributed by atoms with Crippen LogP contribution in [0.2, 0.25) is 0 Å². The summed E-state index contributed by atoms with van der Waals surface area (Å²) in [6, 6.07) is 9.78. The highest BCUT2D eigenvalue weighted by atomic mass is 127. The zero-order valence-corrected chi connectivity index (χ0v) is 14.7. The number of nitrogens with two attached hydrogens (primary N) is 1. The zero-order chi connectivity index (χ0) is 13.7. The molecule has 0 radical (unpaired) electrons. The molecule has 0 bridgehead atoms. The zero-order valence-electron chi connectivity index (χ0n) is 11.5. The SMILES string of the molecule is Cc1cnc(C(C)CN=C(N)Nc2ccccc2)s1.I. The van der Waals surface area contributed by atoms with E-state index in [1.165, 1.54) is 4.88 Å². The van der Waals surface area contributed by atoms with E-state index in [0.29, 0.717) is 12.5 Å². The maximum atomic E-state index is 5.86. The number of benzene rings is 1. The first-order valence-electron chi connectivity index (χ1n) is 6.19. The van der Waals surface area contributed by atoms with Crippen LogP contribution in [-0.4, -0.2) is 17.5 Å². The van der Waals surface area contributed by atoms with E-state index in [0.717, 1.165) is 10.7 Å². The van der Waals surface area contributed by atoms with E-state index < -0.39 is 0 Å². The minimum Gasteiger partial charge on any atom is -0.370 e. The van der Waals surface area contributed by atoms with Crippen LogP contribution in [0, 0.1) is 6.92 Å². The molecule has 0 saturated carbocycles. The van der Waals surface area contributed by atoms with Crippen molar-refractivity contribution in [1.29, 1.82) is 0 Å². The Morgan fingerprint density at radius 3 is 2.70 bits per heavy atom. The Kier molecular flexibility index (Phi) is 6.94. The molecule has 0 aliphatic carbocycles. The maximum absolute atomic E-state index is 5.86. The van der Waals surface area contributed by atoms with Crippen LogP contribution in [0.4, 0.5) is 5.69 Å². The number of para-hydroxylation sites is 1. The normalized spacial score (nSPS) is 12.6. The van der Waals surface area contributed by atoms with Crippen molar-refractivity contribution in [2.45, 2.75) is 19.8 Å². The van der Waals surface area contributed by atoms with Gasteiger partial charge in [-0.15, -0.1) is 35.3 Å². The predicted octanol–water partition coefficient (Wildman–Crippen LogP) is 3.60. The van der Waals surface area contributed by atoms with E-state index in [-0.39, 0.29) is 29.9 Å². The minimum absolute atomic E-state index is 0. The average molecular weight is 402 g/mol. The van der Waals surface area contributed by atoms with E-state index in [2.05, 4.69) is 29.1 Å². The van der Waals surface area contributed by atoms with Gasteiger partial charge < -0.3 is 11.1 Å². The van der Waals surface area contributed by atoms with Gasteiger partial charge in [0.2, 0.25) is 0 Å². The summed E-state index contributed by atoms with van der Waals surface area (Å²) in [5, 5.41) is 4.17. The van der Waals surface area contributed by atoms with E-state index in [4.69, 9.17) is 5.73 Å². The molecule has 2 aromatic rings. The van der Waals surface area contributed by atoms with Gasteiger partial charge in [0, 0.05) is 22.7 Å². The van der Waals surface area contributed by atoms with Crippen LogP contribution in [0.1, 0.15) is 22.7 Å². The molecule has 3 N–H and O–H groups in total. The van der Waals surface area contributed by atoms with Crippen molar-refractivity contribution < 1.29 is 0 Å². The molecule has 0 saturated heterocycles. The summed E-state index contributed by atoms with van der Waals surface area (Å²) < 4.78 is 0. The number of thiazole rings is 1. The van der Waals surface area contributed by atoms with Gasteiger partial charge in [0.15, 0.2) is 5.96 Å². The monoisotopic (exact) mass is 402 g/mol. The fourth-order valence-corrected chi connectivity index (χ4v) is 2.44. The van der Waals surface area contributed by atoms with Gasteiger partial charge in [-0.05, 0) is 19.1 Å². The van der Waals surface area contributed by atoms with Gasteiger partial charge in [0.1, 0.15) is 0 Å². The number of rotatable bonds is 4. The maximum Gasteiger partial charge on any atom is 0.193 e. The van der Waals surface area contributed by atoms with Crippen LogP contribution in [0.5, 0.6) is 0 Å². The number of nitrogens with zero attached hydrogens (tertiary/aromatic N) is 2. The third-order valence-electron chi connectivity index (χ3n) is 2.64. The first kappa shape index (κ1) is 16.9. The first-order chi connectivity index (χ1) is 9.15. The fourth-order valence-electron chi connectivity index (χ4n) is 1.62. The number of hydrogen-bond acceptors (Lipinski definition) is 3. The predicted molar refractivity (Wildman–Crippen MR) is 97.2 cm³/mol. The highest BCUT2D eigenvalue weighted by molar-refractivity contribution is 14.0. The van der Waals surface area contributed by atoms with E-state index >= 15 is 0 Å². The molecule has 1 aromatic heterocycles. The van der Waals surface area contributed by atoms with Crippen LogP contribution < -0.4 is 11.1 Å². The Hall–Kier alpha value is -1.15. The molecule has 0 amide bonds. The Labute approximate surface area is 140 Å². The quantitative estimate of drug-likeness (QED) is 0.467. The molecule has 108 valence electrons. The Bertz CT molecular complexity index is 553. The van der Waals surface area contributed by atoms with Crippen molar-refractivity contribution in [1.82, 2.24) is 4.98 Å². The van der Waals surface area contributed by atoms with Crippen molar-refractivity contribution in [2.24, 2.45) is 10.7 Å². The van der Waals surface area contributed by atoms with Crippen LogP contribution in [0.15, 0.2) is 41.5 Å². The lowest BCUT2D eigenvalue weighted by Crippen LogP contribution is -2.23. The van der Waals surface area contributed by atoms with Crippen molar-refractivity contribution in [2.75, 3.05) is 11.9 Å². The van der Waals surface area contributed by atoms with Crippen molar-refractivity contribution >= 4 is 47.0 Å². The Morgan fingerprint density at radius 2 is 2.10 bits per heavy atom. The van der Waals surface area contributed by atoms with Gasteiger partial charge in [-0.1, -0.05) is 25.1 Å². The van der Waals surface area contributed by atoms with Gasteiger partial charge in [0.05, 0.1) is 11.6 Å². The molecule has 0 aliphatic heterocycles. The number of halogens is 1. The number of nitrogens with one attached hydrogen (secondary N) is 1. The molecule has 2 rings (SSSR count). The number of aliphatic imine (C=N–C) groups is 1. The van der Waals surface area contributed by atoms with Crippen LogP contribution >= 0.6 is 35.3 Å². The lowest BCUT2D eigenvalue weighted by molar-refractivity contribution is 0.766. The van der Waals surface area contributed by atoms with Crippen molar-refractivity contribution in [3.63, 3.8) is 0 Å². The molecule has 1 unspecified atom stereocenters. The number of aromatic nitrogens is 1. The molecule has 0 spiro atoms. The fraction of sp³-hybridized carbons (Fsp3) is 0.286. The molecular weight excluding hydrogens is 383 g/mol. The van der Waals surface area contributed by atoms with E-state index in [9.17, 15) is 0 Å². The molecule has 20 heavy (non-hydrogen) atoms. The van der Waals surface area contributed by atoms with Gasteiger partial charge in [-0.3, -0.25) is 4.99 Å². The molecule has 0 fully saturated rings. The lowest BCUT2D eigenvalue weighted by Gasteiger charge is -2.07. The number of guanidine groups is 1. The van der Waals surface area contributed by atoms with Crippen LogP contribution in [-0.2, 0) is 0 Å². The lowest BCUT2D eigenvalue weighted by atomic mass is 10.2. The third-order valence-corrected chi connectivity index (χ3v) is 3.79. The van der Waals surface area contributed by atoms with Crippen LogP contribution in [0.3, 0.4) is 0 Å². The Morgan fingerprint density at radius 1 is 1.40 bits per heavy atom. The van der Waals surface area contributed by atoms with Crippen LogP contribution in [0.25, 0.3) is 0 Å². The number of anilines is 1. The summed E-state index contributed by atoms with van der Waals surface area (Å²) in [7, 11) is 0. The Balaban J connectivity index is 0.00000200. The molecule has 1 atom stereocenters. The largest absolute Gasteiger partial charge is 0.370 e. The highest BCUT2D eigenvalue weighted by Crippen LogP contribution is 2.21. The van der Waals surface area contributed by atoms with Gasteiger partial charge in [-0.2, -0.15) is 0 Å². The second-order valence-electron chi connectivity index (χ2n) is 4.43. The highest BCUT2D eigenvalue weighted by Gasteiger charge is 2.08. The second kappa shape index (κ2) is 8.21. The summed E-state index contributed by atoms with van der Waals surface area (Å²) in [5.41, 5.74) is 6.81. The standard InChI is InChI=1S/C14H18N4S.HI/c1-10(13-16-9-11(2)19-13)8-17-14(15)18-12-6-4-3-5-7-12;/h3-7,9-10H,8H2,1-2H3,(H3,15,17,18);1H. The van der Waals surface area contributed by atoms with Gasteiger partial charge in [-0.25, -0.2) is 4.98 Å². The molecule has 1 aromatic carbocycles. The second-order valence-corrected chi connectivity index (χ2v) is 5.69. The summed E-state index contributed by atoms with van der Waals surface area (Å²) in [6.07, 6.45) is 1.89. The molecule has 1 heterocycles. The third kappa shape index (κ3) is 5.09. The average Bonchev–Trinajstić information content (AvgIpc) is 2.84.